The van der Waals surface area contributed by atoms with Crippen molar-refractivity contribution in [3.8, 4) is 56.4 Å². The number of pyridine rings is 2. The molecule has 0 radical (unpaired) electrons. The summed E-state index contributed by atoms with van der Waals surface area (Å²) in [5.41, 5.74) is 10.7. The zero-order chi connectivity index (χ0) is 37.9. The molecule has 0 bridgehead atoms. The van der Waals surface area contributed by atoms with Gasteiger partial charge in [0.1, 0.15) is 11.2 Å². The van der Waals surface area contributed by atoms with Crippen LogP contribution in [0.5, 0.6) is 0 Å². The van der Waals surface area contributed by atoms with Crippen LogP contribution in [-0.4, -0.2) is 24.9 Å². The van der Waals surface area contributed by atoms with Gasteiger partial charge in [-0.1, -0.05) is 103 Å². The summed E-state index contributed by atoms with van der Waals surface area (Å²) in [6.07, 6.45) is 3.68. The Bertz CT molecular complexity index is 3420. The van der Waals surface area contributed by atoms with Gasteiger partial charge in [-0.05, 0) is 76.5 Å². The van der Waals surface area contributed by atoms with E-state index in [0.29, 0.717) is 23.2 Å². The molecule has 0 spiro atoms. The molecular formula is C50H28N6O. The van der Waals surface area contributed by atoms with Gasteiger partial charge in [-0.2, -0.15) is 0 Å². The van der Waals surface area contributed by atoms with Crippen LogP contribution in [0.25, 0.3) is 116 Å². The van der Waals surface area contributed by atoms with Crippen LogP contribution in [0.4, 0.5) is 5.69 Å². The van der Waals surface area contributed by atoms with Gasteiger partial charge in [0.25, 0.3) is 0 Å². The minimum absolute atomic E-state index is 0.569. The van der Waals surface area contributed by atoms with Gasteiger partial charge < -0.3 is 4.42 Å². The van der Waals surface area contributed by atoms with Crippen LogP contribution in [0.1, 0.15) is 0 Å². The molecule has 11 rings (SSSR count). The lowest BCUT2D eigenvalue weighted by Crippen LogP contribution is -2.00. The van der Waals surface area contributed by atoms with E-state index in [4.69, 9.17) is 35.9 Å². The lowest BCUT2D eigenvalue weighted by molar-refractivity contribution is 0.669. The molecule has 0 atom stereocenters. The molecule has 0 aliphatic rings. The second kappa shape index (κ2) is 13.0. The molecule has 4 aromatic heterocycles. The zero-order valence-electron chi connectivity index (χ0n) is 30.3. The maximum atomic E-state index is 7.43. The van der Waals surface area contributed by atoms with E-state index in [1.165, 1.54) is 0 Å². The quantitative estimate of drug-likeness (QED) is 0.130. The number of para-hydroxylation sites is 1. The number of hydrogen-bond donors (Lipinski definition) is 0. The van der Waals surface area contributed by atoms with Crippen LogP contribution in [0.15, 0.2) is 175 Å². The smallest absolute Gasteiger partial charge is 0.187 e. The highest BCUT2D eigenvalue weighted by Gasteiger charge is 2.18. The molecule has 57 heavy (non-hydrogen) atoms. The number of furan rings is 1. The lowest BCUT2D eigenvalue weighted by atomic mass is 9.90. The Morgan fingerprint density at radius 3 is 1.63 bits per heavy atom. The molecule has 0 aliphatic carbocycles. The third-order valence-corrected chi connectivity index (χ3v) is 10.6. The van der Waals surface area contributed by atoms with Crippen LogP contribution in [0, 0.1) is 6.57 Å². The van der Waals surface area contributed by atoms with Crippen molar-refractivity contribution in [1.29, 1.82) is 0 Å². The summed E-state index contributed by atoms with van der Waals surface area (Å²) in [6.45, 7) is 7.43. The average Bonchev–Trinajstić information content (AvgIpc) is 3.67. The van der Waals surface area contributed by atoms with Gasteiger partial charge in [-0.15, -0.1) is 0 Å². The highest BCUT2D eigenvalue weighted by molar-refractivity contribution is 6.22. The number of benzene rings is 7. The Morgan fingerprint density at radius 2 is 0.930 bits per heavy atom. The van der Waals surface area contributed by atoms with Crippen LogP contribution < -0.4 is 0 Å². The fraction of sp³-hybridized carbons (Fsp3) is 0. The molecule has 7 aromatic carbocycles. The predicted octanol–water partition coefficient (Wildman–Crippen LogP) is 12.9. The van der Waals surface area contributed by atoms with Crippen molar-refractivity contribution < 1.29 is 4.42 Å². The number of hydrogen-bond acceptors (Lipinski definition) is 6. The number of fused-ring (bicyclic) bond motifs is 8. The molecule has 0 aliphatic heterocycles. The highest BCUT2D eigenvalue weighted by Crippen LogP contribution is 2.41. The van der Waals surface area contributed by atoms with E-state index in [-0.39, 0.29) is 0 Å². The Morgan fingerprint density at radius 1 is 0.386 bits per heavy atom. The van der Waals surface area contributed by atoms with Gasteiger partial charge in [0, 0.05) is 61.8 Å². The van der Waals surface area contributed by atoms with E-state index >= 15 is 0 Å². The Balaban J connectivity index is 1.10. The molecule has 4 heterocycles. The van der Waals surface area contributed by atoms with Crippen molar-refractivity contribution in [2.45, 2.75) is 0 Å². The van der Waals surface area contributed by atoms with Crippen LogP contribution in [-0.2, 0) is 0 Å². The molecule has 264 valence electrons. The maximum absolute atomic E-state index is 7.43. The topological polar surface area (TPSA) is 82.0 Å². The van der Waals surface area contributed by atoms with E-state index in [1.54, 1.807) is 0 Å². The SMILES string of the molecule is [C-]#[N+]c1ccc(-c2cc3c4cccnc4c(-c4cccc(-c5nc(-c6ccccc6)nc(-c6ccc7oc8ccccc8c7c6)n5)c4)cc3c3cccnc23)cc1. The van der Waals surface area contributed by atoms with E-state index in [1.807, 2.05) is 116 Å². The lowest BCUT2D eigenvalue weighted by Gasteiger charge is -2.15. The number of nitrogens with zero attached hydrogens (tertiary/aromatic N) is 6. The maximum Gasteiger partial charge on any atom is 0.187 e. The largest absolute Gasteiger partial charge is 0.456 e. The third-order valence-electron chi connectivity index (χ3n) is 10.6. The summed E-state index contributed by atoms with van der Waals surface area (Å²) in [6, 6.07) is 52.9. The standard InChI is InChI=1S/C50H28N6O/c1-51-35-21-18-30(19-22-35)39-28-41-38-16-9-25-53-47(38)40(29-42(41)37-15-8-24-52-46(37)39)32-12-7-13-33(26-32)49-54-48(31-10-3-2-4-11-31)55-50(56-49)34-20-23-45-43(27-34)36-14-5-6-17-44(36)57-45/h2-29H. The van der Waals surface area contributed by atoms with Crippen LogP contribution in [0.3, 0.4) is 0 Å². The fourth-order valence-electron chi connectivity index (χ4n) is 7.90. The molecule has 0 saturated heterocycles. The first-order valence-electron chi connectivity index (χ1n) is 18.6. The van der Waals surface area contributed by atoms with E-state index in [2.05, 4.69) is 59.4 Å². The van der Waals surface area contributed by atoms with Crippen molar-refractivity contribution in [2.75, 3.05) is 0 Å². The molecule has 0 saturated carbocycles. The van der Waals surface area contributed by atoms with Gasteiger partial charge in [0.15, 0.2) is 23.2 Å². The van der Waals surface area contributed by atoms with Gasteiger partial charge >= 0.3 is 0 Å². The van der Waals surface area contributed by atoms with Crippen molar-refractivity contribution in [3.63, 3.8) is 0 Å². The summed E-state index contributed by atoms with van der Waals surface area (Å²) in [5.74, 6) is 1.74. The molecular weight excluding hydrogens is 701 g/mol. The third kappa shape index (κ3) is 5.47. The molecule has 7 nitrogen and oxygen atoms in total. The minimum Gasteiger partial charge on any atom is -0.456 e. The highest BCUT2D eigenvalue weighted by atomic mass is 16.3. The first kappa shape index (κ1) is 32.4. The number of aromatic nitrogens is 5. The Labute approximate surface area is 326 Å². The zero-order valence-corrected chi connectivity index (χ0v) is 30.3. The normalized spacial score (nSPS) is 11.5. The van der Waals surface area contributed by atoms with Crippen molar-refractivity contribution >= 4 is 60.2 Å². The molecule has 0 unspecified atom stereocenters. The van der Waals surface area contributed by atoms with Gasteiger partial charge in [-0.3, -0.25) is 9.97 Å². The second-order valence-electron chi connectivity index (χ2n) is 14.0. The summed E-state index contributed by atoms with van der Waals surface area (Å²) in [5, 5.41) is 6.30. The van der Waals surface area contributed by atoms with E-state index < -0.39 is 0 Å². The summed E-state index contributed by atoms with van der Waals surface area (Å²) in [4.78, 5) is 28.6. The summed E-state index contributed by atoms with van der Waals surface area (Å²) in [7, 11) is 0. The minimum atomic E-state index is 0.569. The molecule has 11 aromatic rings. The first-order valence-corrected chi connectivity index (χ1v) is 18.6. The molecule has 0 amide bonds. The fourth-order valence-corrected chi connectivity index (χ4v) is 7.90. The summed E-state index contributed by atoms with van der Waals surface area (Å²) >= 11 is 0. The van der Waals surface area contributed by atoms with Gasteiger partial charge in [0.2, 0.25) is 0 Å². The first-order chi connectivity index (χ1) is 28.2. The second-order valence-corrected chi connectivity index (χ2v) is 14.0. The van der Waals surface area contributed by atoms with Crippen molar-refractivity contribution in [2.24, 2.45) is 0 Å². The number of rotatable bonds is 5. The molecule has 0 N–H and O–H groups in total. The molecule has 7 heteroatoms. The van der Waals surface area contributed by atoms with Crippen molar-refractivity contribution in [1.82, 2.24) is 24.9 Å². The molecule has 0 fully saturated rings. The van der Waals surface area contributed by atoms with Crippen LogP contribution >= 0.6 is 0 Å². The monoisotopic (exact) mass is 728 g/mol. The Kier molecular flexibility index (Phi) is 7.41. The van der Waals surface area contributed by atoms with Crippen molar-refractivity contribution in [3.05, 3.63) is 182 Å². The van der Waals surface area contributed by atoms with Gasteiger partial charge in [0.05, 0.1) is 17.6 Å². The average molecular weight is 729 g/mol. The predicted molar refractivity (Wildman–Crippen MR) is 229 cm³/mol. The van der Waals surface area contributed by atoms with Gasteiger partial charge in [-0.25, -0.2) is 19.8 Å². The van der Waals surface area contributed by atoms with Crippen LogP contribution in [0.2, 0.25) is 0 Å². The summed E-state index contributed by atoms with van der Waals surface area (Å²) < 4.78 is 6.13. The Hall–Kier alpha value is -8.08. The van der Waals surface area contributed by atoms with E-state index in [0.717, 1.165) is 93.5 Å². The van der Waals surface area contributed by atoms with E-state index in [9.17, 15) is 0 Å².